The molecule has 3 nitrogen and oxygen atoms in total. The second-order valence-corrected chi connectivity index (χ2v) is 8.64. The predicted octanol–water partition coefficient (Wildman–Crippen LogP) is 4.02. The van der Waals surface area contributed by atoms with Gasteiger partial charge in [-0.25, -0.2) is 0 Å². The molecule has 2 aliphatic rings. The molecule has 1 aliphatic carbocycles. The molecule has 0 aromatic heterocycles. The summed E-state index contributed by atoms with van der Waals surface area (Å²) in [6, 6.07) is 11.1. The van der Waals surface area contributed by atoms with Gasteiger partial charge in [0, 0.05) is 28.1 Å². The topological polar surface area (TPSA) is 41.1 Å². The Labute approximate surface area is 156 Å². The Morgan fingerprint density at radius 2 is 2.00 bits per heavy atom. The van der Waals surface area contributed by atoms with E-state index in [0.717, 1.165) is 25.9 Å². The van der Waals surface area contributed by atoms with Crippen molar-refractivity contribution < 1.29 is 4.79 Å². The third-order valence-corrected chi connectivity index (χ3v) is 6.67. The predicted molar refractivity (Wildman–Crippen MR) is 104 cm³/mol. The molecule has 1 heterocycles. The van der Waals surface area contributed by atoms with Gasteiger partial charge in [0.2, 0.25) is 5.91 Å². The van der Waals surface area contributed by atoms with Crippen LogP contribution in [0.5, 0.6) is 0 Å². The first kappa shape index (κ1) is 19.6. The highest BCUT2D eigenvalue weighted by atomic mass is 35.5. The van der Waals surface area contributed by atoms with Crippen LogP contribution in [0.2, 0.25) is 0 Å². The third kappa shape index (κ3) is 5.14. The molecule has 1 amide bonds. The van der Waals surface area contributed by atoms with Crippen LogP contribution in [0.1, 0.15) is 45.4 Å². The zero-order valence-electron chi connectivity index (χ0n) is 14.4. The summed E-state index contributed by atoms with van der Waals surface area (Å²) in [6.07, 6.45) is 6.89. The maximum absolute atomic E-state index is 12.5. The van der Waals surface area contributed by atoms with Crippen LogP contribution in [0, 0.1) is 5.92 Å². The van der Waals surface area contributed by atoms with E-state index in [2.05, 4.69) is 47.9 Å². The van der Waals surface area contributed by atoms with Gasteiger partial charge in [0.1, 0.15) is 0 Å². The largest absolute Gasteiger partial charge is 0.354 e. The van der Waals surface area contributed by atoms with Crippen LogP contribution in [0.25, 0.3) is 0 Å². The van der Waals surface area contributed by atoms with Crippen molar-refractivity contribution in [3.05, 3.63) is 30.3 Å². The lowest BCUT2D eigenvalue weighted by molar-refractivity contribution is -0.126. The summed E-state index contributed by atoms with van der Waals surface area (Å²) < 4.78 is 0.190. The molecule has 0 spiro atoms. The van der Waals surface area contributed by atoms with E-state index in [4.69, 9.17) is 0 Å². The van der Waals surface area contributed by atoms with Crippen molar-refractivity contribution >= 4 is 30.1 Å². The molecule has 1 aromatic carbocycles. The Bertz CT molecular complexity index is 519. The van der Waals surface area contributed by atoms with Gasteiger partial charge in [-0.15, -0.1) is 24.2 Å². The first-order valence-electron chi connectivity index (χ1n) is 8.92. The van der Waals surface area contributed by atoms with Crippen molar-refractivity contribution in [3.63, 3.8) is 0 Å². The normalized spacial score (nSPS) is 25.7. The zero-order valence-corrected chi connectivity index (χ0v) is 16.1. The van der Waals surface area contributed by atoms with Crippen LogP contribution < -0.4 is 10.6 Å². The van der Waals surface area contributed by atoms with E-state index < -0.39 is 0 Å². The fourth-order valence-electron chi connectivity index (χ4n) is 3.84. The highest BCUT2D eigenvalue weighted by molar-refractivity contribution is 8.00. The average Bonchev–Trinajstić information content (AvgIpc) is 3.02. The molecule has 0 radical (unpaired) electrons. The number of hydrogen-bond donors (Lipinski definition) is 2. The first-order chi connectivity index (χ1) is 11.2. The minimum Gasteiger partial charge on any atom is -0.354 e. The van der Waals surface area contributed by atoms with Crippen LogP contribution in [-0.4, -0.2) is 29.8 Å². The SMILES string of the molecule is C[C@H]1C[C@@H](C(=O)NCC2(Sc3ccccc3)CCCC2)CCN1.Cl. The molecule has 0 unspecified atom stereocenters. The van der Waals surface area contributed by atoms with Gasteiger partial charge in [0.25, 0.3) is 0 Å². The van der Waals surface area contributed by atoms with Crippen molar-refractivity contribution in [2.24, 2.45) is 5.92 Å². The lowest BCUT2D eigenvalue weighted by atomic mass is 9.92. The summed E-state index contributed by atoms with van der Waals surface area (Å²) in [4.78, 5) is 13.9. The summed E-state index contributed by atoms with van der Waals surface area (Å²) in [5.74, 6) is 0.449. The van der Waals surface area contributed by atoms with E-state index in [1.807, 2.05) is 11.8 Å². The standard InChI is InChI=1S/C19H28N2OS.ClH/c1-15-13-16(9-12-20-15)18(22)21-14-19(10-5-6-11-19)23-17-7-3-2-4-8-17;/h2-4,7-8,15-16,20H,5-6,9-14H2,1H3,(H,21,22);1H/t15-,16-;/m0./s1. The Morgan fingerprint density at radius 1 is 1.29 bits per heavy atom. The van der Waals surface area contributed by atoms with E-state index >= 15 is 0 Å². The Balaban J connectivity index is 0.00000208. The van der Waals surface area contributed by atoms with Gasteiger partial charge in [-0.05, 0) is 51.3 Å². The number of halogens is 1. The minimum atomic E-state index is 0. The van der Waals surface area contributed by atoms with E-state index in [1.54, 1.807) is 0 Å². The Kier molecular flexibility index (Phi) is 7.45. The quantitative estimate of drug-likeness (QED) is 0.824. The molecule has 3 rings (SSSR count). The van der Waals surface area contributed by atoms with Crippen molar-refractivity contribution in [2.75, 3.05) is 13.1 Å². The number of benzene rings is 1. The molecule has 24 heavy (non-hydrogen) atoms. The van der Waals surface area contributed by atoms with Crippen LogP contribution in [0.4, 0.5) is 0 Å². The number of amides is 1. The van der Waals surface area contributed by atoms with Gasteiger partial charge in [-0.3, -0.25) is 4.79 Å². The molecule has 0 bridgehead atoms. The van der Waals surface area contributed by atoms with Crippen molar-refractivity contribution in [3.8, 4) is 0 Å². The van der Waals surface area contributed by atoms with Crippen LogP contribution in [-0.2, 0) is 4.79 Å². The number of hydrogen-bond acceptors (Lipinski definition) is 3. The highest BCUT2D eigenvalue weighted by Gasteiger charge is 2.36. The molecule has 1 aromatic rings. The maximum atomic E-state index is 12.5. The molecular weight excluding hydrogens is 340 g/mol. The third-order valence-electron chi connectivity index (χ3n) is 5.17. The van der Waals surface area contributed by atoms with E-state index in [0.29, 0.717) is 6.04 Å². The second kappa shape index (κ2) is 9.12. The summed E-state index contributed by atoms with van der Waals surface area (Å²) >= 11 is 1.96. The molecule has 2 N–H and O–H groups in total. The van der Waals surface area contributed by atoms with Gasteiger partial charge < -0.3 is 10.6 Å². The van der Waals surface area contributed by atoms with Gasteiger partial charge >= 0.3 is 0 Å². The lowest BCUT2D eigenvalue weighted by Gasteiger charge is -2.31. The number of rotatable bonds is 5. The molecule has 2 atom stereocenters. The van der Waals surface area contributed by atoms with E-state index in [9.17, 15) is 4.79 Å². The van der Waals surface area contributed by atoms with Gasteiger partial charge in [0.05, 0.1) is 0 Å². The van der Waals surface area contributed by atoms with Crippen molar-refractivity contribution in [1.29, 1.82) is 0 Å². The monoisotopic (exact) mass is 368 g/mol. The number of nitrogens with one attached hydrogen (secondary N) is 2. The van der Waals surface area contributed by atoms with E-state index in [1.165, 1.54) is 30.6 Å². The molecule has 2 fully saturated rings. The molecular formula is C19H29ClN2OS. The Morgan fingerprint density at radius 3 is 2.67 bits per heavy atom. The minimum absolute atomic E-state index is 0. The smallest absolute Gasteiger partial charge is 0.223 e. The summed E-state index contributed by atoms with van der Waals surface area (Å²) in [5.41, 5.74) is 0. The second-order valence-electron chi connectivity index (χ2n) is 7.10. The van der Waals surface area contributed by atoms with Crippen LogP contribution >= 0.6 is 24.2 Å². The fourth-order valence-corrected chi connectivity index (χ4v) is 5.27. The molecule has 134 valence electrons. The van der Waals surface area contributed by atoms with Gasteiger partial charge in [0.15, 0.2) is 0 Å². The highest BCUT2D eigenvalue weighted by Crippen LogP contribution is 2.44. The fraction of sp³-hybridized carbons (Fsp3) is 0.632. The van der Waals surface area contributed by atoms with Crippen molar-refractivity contribution in [2.45, 2.75) is 61.1 Å². The number of thioether (sulfide) groups is 1. The lowest BCUT2D eigenvalue weighted by Crippen LogP contribution is -2.45. The molecule has 1 saturated heterocycles. The van der Waals surface area contributed by atoms with Crippen LogP contribution in [0.3, 0.4) is 0 Å². The van der Waals surface area contributed by atoms with Crippen LogP contribution in [0.15, 0.2) is 35.2 Å². The number of carbonyl (C=O) groups excluding carboxylic acids is 1. The zero-order chi connectivity index (χ0) is 16.1. The summed E-state index contributed by atoms with van der Waals surface area (Å²) in [5, 5.41) is 6.71. The molecule has 1 aliphatic heterocycles. The van der Waals surface area contributed by atoms with Crippen molar-refractivity contribution in [1.82, 2.24) is 10.6 Å². The van der Waals surface area contributed by atoms with Gasteiger partial charge in [-0.2, -0.15) is 0 Å². The van der Waals surface area contributed by atoms with E-state index in [-0.39, 0.29) is 29.0 Å². The Hall–Kier alpha value is -0.710. The molecule has 5 heteroatoms. The molecule has 1 saturated carbocycles. The summed E-state index contributed by atoms with van der Waals surface area (Å²) in [6.45, 7) is 3.94. The number of piperidine rings is 1. The van der Waals surface area contributed by atoms with Gasteiger partial charge in [-0.1, -0.05) is 31.0 Å². The number of carbonyl (C=O) groups is 1. The summed E-state index contributed by atoms with van der Waals surface area (Å²) in [7, 11) is 0. The average molecular weight is 369 g/mol. The first-order valence-corrected chi connectivity index (χ1v) is 9.74. The maximum Gasteiger partial charge on any atom is 0.223 e.